The Morgan fingerprint density at radius 3 is 3.00 bits per heavy atom. The number of anilines is 1. The van der Waals surface area contributed by atoms with Crippen LogP contribution in [0.25, 0.3) is 0 Å². The first-order valence-electron chi connectivity index (χ1n) is 5.60. The normalized spacial score (nSPS) is 14.9. The standard InChI is InChI=1S/C13H12ClNO4/c1-8(4-13(17)18)6-15-10-5-9(14)2-3-11(10)19-7-12(15)16/h2-5H,6-7H2,1H3,(H,17,18). The Hall–Kier alpha value is -2.01. The largest absolute Gasteiger partial charge is 0.482 e. The van der Waals surface area contributed by atoms with Crippen molar-refractivity contribution in [3.63, 3.8) is 0 Å². The number of halogens is 1. The third-order valence-electron chi connectivity index (χ3n) is 2.64. The van der Waals surface area contributed by atoms with Crippen LogP contribution >= 0.6 is 11.6 Å². The molecule has 100 valence electrons. The lowest BCUT2D eigenvalue weighted by atomic mass is 10.2. The van der Waals surface area contributed by atoms with E-state index in [1.54, 1.807) is 25.1 Å². The van der Waals surface area contributed by atoms with Crippen LogP contribution in [0.4, 0.5) is 5.69 Å². The van der Waals surface area contributed by atoms with Gasteiger partial charge in [0.1, 0.15) is 5.75 Å². The maximum atomic E-state index is 11.9. The number of benzene rings is 1. The second-order valence-corrected chi connectivity index (χ2v) is 4.65. The van der Waals surface area contributed by atoms with Crippen LogP contribution in [0.1, 0.15) is 6.92 Å². The van der Waals surface area contributed by atoms with Crippen molar-refractivity contribution in [3.05, 3.63) is 34.9 Å². The summed E-state index contributed by atoms with van der Waals surface area (Å²) in [6.07, 6.45) is 1.08. The van der Waals surface area contributed by atoms with E-state index in [4.69, 9.17) is 21.4 Å². The van der Waals surface area contributed by atoms with Crippen molar-refractivity contribution in [2.24, 2.45) is 0 Å². The molecule has 19 heavy (non-hydrogen) atoms. The molecule has 1 aromatic carbocycles. The molecule has 5 nitrogen and oxygen atoms in total. The number of rotatable bonds is 3. The minimum atomic E-state index is -1.04. The molecule has 2 rings (SSSR count). The van der Waals surface area contributed by atoms with Gasteiger partial charge in [-0.1, -0.05) is 11.6 Å². The van der Waals surface area contributed by atoms with Crippen LogP contribution in [0.15, 0.2) is 29.8 Å². The monoisotopic (exact) mass is 281 g/mol. The molecule has 0 radical (unpaired) electrons. The average Bonchev–Trinajstić information content (AvgIpc) is 2.32. The molecule has 0 saturated heterocycles. The molecule has 1 aliphatic rings. The van der Waals surface area contributed by atoms with Gasteiger partial charge in [-0.05, 0) is 30.7 Å². The molecule has 1 N–H and O–H groups in total. The fourth-order valence-corrected chi connectivity index (χ4v) is 2.02. The van der Waals surface area contributed by atoms with E-state index in [1.165, 1.54) is 4.90 Å². The molecule has 0 aliphatic carbocycles. The summed E-state index contributed by atoms with van der Waals surface area (Å²) in [7, 11) is 0. The van der Waals surface area contributed by atoms with Gasteiger partial charge in [0, 0.05) is 17.6 Å². The zero-order valence-corrected chi connectivity index (χ0v) is 11.0. The molecule has 1 heterocycles. The second kappa shape index (κ2) is 5.32. The zero-order valence-electron chi connectivity index (χ0n) is 10.2. The Kier molecular flexibility index (Phi) is 3.76. The highest BCUT2D eigenvalue weighted by molar-refractivity contribution is 6.31. The summed E-state index contributed by atoms with van der Waals surface area (Å²) in [6.45, 7) is 1.79. The van der Waals surface area contributed by atoms with Crippen LogP contribution in [0.3, 0.4) is 0 Å². The number of carbonyl (C=O) groups excluding carboxylic acids is 1. The third kappa shape index (κ3) is 3.06. The first-order valence-corrected chi connectivity index (χ1v) is 5.98. The Balaban J connectivity index is 2.33. The predicted molar refractivity (Wildman–Crippen MR) is 70.7 cm³/mol. The average molecular weight is 282 g/mol. The predicted octanol–water partition coefficient (Wildman–Crippen LogP) is 2.10. The first kappa shape index (κ1) is 13.4. The maximum Gasteiger partial charge on any atom is 0.328 e. The number of hydrogen-bond acceptors (Lipinski definition) is 3. The van der Waals surface area contributed by atoms with Crippen molar-refractivity contribution in [3.8, 4) is 5.75 Å². The molecule has 0 spiro atoms. The second-order valence-electron chi connectivity index (χ2n) is 4.21. The van der Waals surface area contributed by atoms with Gasteiger partial charge in [0.15, 0.2) is 6.61 Å². The van der Waals surface area contributed by atoms with Gasteiger partial charge in [-0.15, -0.1) is 0 Å². The van der Waals surface area contributed by atoms with Crippen molar-refractivity contribution in [2.75, 3.05) is 18.1 Å². The SMILES string of the molecule is CC(=CC(=O)O)CN1C(=O)COc2ccc(Cl)cc21. The number of carboxylic acid groups (broad SMARTS) is 1. The van der Waals surface area contributed by atoms with Crippen LogP contribution in [-0.4, -0.2) is 30.1 Å². The molecule has 1 amide bonds. The number of aliphatic carboxylic acids is 1. The topological polar surface area (TPSA) is 66.8 Å². The van der Waals surface area contributed by atoms with Crippen LogP contribution in [0, 0.1) is 0 Å². The molecule has 1 aromatic rings. The van der Waals surface area contributed by atoms with Gasteiger partial charge in [-0.25, -0.2) is 4.79 Å². The van der Waals surface area contributed by atoms with E-state index in [2.05, 4.69) is 0 Å². The quantitative estimate of drug-likeness (QED) is 0.862. The highest BCUT2D eigenvalue weighted by Crippen LogP contribution is 2.34. The Labute approximate surface area is 115 Å². The number of ether oxygens (including phenoxy) is 1. The highest BCUT2D eigenvalue weighted by atomic mass is 35.5. The lowest BCUT2D eigenvalue weighted by Gasteiger charge is -2.29. The number of fused-ring (bicyclic) bond motifs is 1. The number of amides is 1. The third-order valence-corrected chi connectivity index (χ3v) is 2.88. The van der Waals surface area contributed by atoms with Crippen LogP contribution in [0.2, 0.25) is 5.02 Å². The van der Waals surface area contributed by atoms with Gasteiger partial charge in [-0.2, -0.15) is 0 Å². The fraction of sp³-hybridized carbons (Fsp3) is 0.231. The van der Waals surface area contributed by atoms with Gasteiger partial charge in [0.05, 0.1) is 5.69 Å². The van der Waals surface area contributed by atoms with Gasteiger partial charge in [-0.3, -0.25) is 4.79 Å². The molecule has 0 bridgehead atoms. The summed E-state index contributed by atoms with van der Waals surface area (Å²) in [5.74, 6) is -0.704. The lowest BCUT2D eigenvalue weighted by molar-refractivity contribution is -0.131. The molecule has 0 atom stereocenters. The molecule has 6 heteroatoms. The zero-order chi connectivity index (χ0) is 14.0. The van der Waals surface area contributed by atoms with Crippen molar-refractivity contribution in [1.29, 1.82) is 0 Å². The molecular weight excluding hydrogens is 270 g/mol. The van der Waals surface area contributed by atoms with E-state index in [9.17, 15) is 9.59 Å². The van der Waals surface area contributed by atoms with Gasteiger partial charge >= 0.3 is 5.97 Å². The van der Waals surface area contributed by atoms with E-state index in [0.29, 0.717) is 22.0 Å². The summed E-state index contributed by atoms with van der Waals surface area (Å²) in [5.41, 5.74) is 1.12. The number of hydrogen-bond donors (Lipinski definition) is 1. The summed E-state index contributed by atoms with van der Waals surface area (Å²) in [4.78, 5) is 24.0. The summed E-state index contributed by atoms with van der Waals surface area (Å²) in [5, 5.41) is 9.18. The van der Waals surface area contributed by atoms with Gasteiger partial charge in [0.25, 0.3) is 5.91 Å². The Bertz CT molecular complexity index is 568. The number of carboxylic acids is 1. The van der Waals surface area contributed by atoms with Crippen molar-refractivity contribution in [2.45, 2.75) is 6.92 Å². The lowest BCUT2D eigenvalue weighted by Crippen LogP contribution is -2.39. The molecule has 0 aromatic heterocycles. The smallest absolute Gasteiger partial charge is 0.328 e. The van der Waals surface area contributed by atoms with Crippen LogP contribution < -0.4 is 9.64 Å². The summed E-state index contributed by atoms with van der Waals surface area (Å²) < 4.78 is 5.30. The van der Waals surface area contributed by atoms with Crippen LogP contribution in [-0.2, 0) is 9.59 Å². The van der Waals surface area contributed by atoms with Gasteiger partial charge in [0.2, 0.25) is 0 Å². The minimum Gasteiger partial charge on any atom is -0.482 e. The van der Waals surface area contributed by atoms with E-state index >= 15 is 0 Å². The molecular formula is C13H12ClNO4. The highest BCUT2D eigenvalue weighted by Gasteiger charge is 2.25. The molecule has 1 aliphatic heterocycles. The molecule has 0 saturated carbocycles. The van der Waals surface area contributed by atoms with Crippen molar-refractivity contribution >= 4 is 29.2 Å². The van der Waals surface area contributed by atoms with E-state index < -0.39 is 5.97 Å². The first-order chi connectivity index (χ1) is 8.97. The molecule has 0 unspecified atom stereocenters. The van der Waals surface area contributed by atoms with Crippen molar-refractivity contribution < 1.29 is 19.4 Å². The number of carbonyl (C=O) groups is 2. The Morgan fingerprint density at radius 1 is 1.58 bits per heavy atom. The van der Waals surface area contributed by atoms with E-state index in [0.717, 1.165) is 6.08 Å². The van der Waals surface area contributed by atoms with E-state index in [1.807, 2.05) is 0 Å². The summed E-state index contributed by atoms with van der Waals surface area (Å²) >= 11 is 5.91. The molecule has 0 fully saturated rings. The Morgan fingerprint density at radius 2 is 2.32 bits per heavy atom. The fourth-order valence-electron chi connectivity index (χ4n) is 1.85. The van der Waals surface area contributed by atoms with Gasteiger partial charge < -0.3 is 14.7 Å². The minimum absolute atomic E-state index is 0.0605. The number of nitrogens with zero attached hydrogens (tertiary/aromatic N) is 1. The maximum absolute atomic E-state index is 11.9. The van der Waals surface area contributed by atoms with Crippen molar-refractivity contribution in [1.82, 2.24) is 0 Å². The van der Waals surface area contributed by atoms with Crippen LogP contribution in [0.5, 0.6) is 5.75 Å². The summed E-state index contributed by atoms with van der Waals surface area (Å²) in [6, 6.07) is 4.99. The van der Waals surface area contributed by atoms with E-state index in [-0.39, 0.29) is 19.1 Å².